The maximum absolute atomic E-state index is 11.3. The Morgan fingerprint density at radius 1 is 1.11 bits per heavy atom. The second-order valence-electron chi connectivity index (χ2n) is 5.55. The molecule has 1 aliphatic heterocycles. The molecule has 1 aliphatic rings. The van der Waals surface area contributed by atoms with Gasteiger partial charge in [-0.2, -0.15) is 0 Å². The highest BCUT2D eigenvalue weighted by Gasteiger charge is 2.47. The van der Waals surface area contributed by atoms with Crippen LogP contribution in [0.3, 0.4) is 0 Å². The van der Waals surface area contributed by atoms with Crippen molar-refractivity contribution in [3.63, 3.8) is 0 Å². The fourth-order valence-electron chi connectivity index (χ4n) is 2.55. The second-order valence-corrected chi connectivity index (χ2v) is 9.56. The summed E-state index contributed by atoms with van der Waals surface area (Å²) in [5.41, 5.74) is 0. The molecule has 0 aromatic rings. The maximum Gasteiger partial charge on any atom is 0.340 e. The Bertz CT molecular complexity index is 370. The largest absolute Gasteiger partial charge is 1.00 e. The van der Waals surface area contributed by atoms with Crippen molar-refractivity contribution in [2.45, 2.75) is 37.1 Å². The van der Waals surface area contributed by atoms with E-state index in [2.05, 4.69) is 0 Å². The second kappa shape index (κ2) is 6.54. The van der Waals surface area contributed by atoms with Gasteiger partial charge in [-0.1, -0.05) is 0 Å². The molecule has 1 saturated heterocycles. The van der Waals surface area contributed by atoms with E-state index < -0.39 is 20.6 Å². The molecule has 1 atom stereocenters. The number of hydrogen-bond donors (Lipinski definition) is 4. The summed E-state index contributed by atoms with van der Waals surface area (Å²) < 4.78 is 23.1. The summed E-state index contributed by atoms with van der Waals surface area (Å²) in [4.78, 5) is 36.5. The van der Waals surface area contributed by atoms with Crippen molar-refractivity contribution < 1.29 is 45.6 Å². The van der Waals surface area contributed by atoms with Gasteiger partial charge in [-0.15, -0.1) is 0 Å². The van der Waals surface area contributed by atoms with Crippen LogP contribution in [0.15, 0.2) is 0 Å². The number of likely N-dealkylation sites (tertiary alicyclic amines) is 1. The summed E-state index contributed by atoms with van der Waals surface area (Å²) in [6.07, 6.45) is 2.56. The quantitative estimate of drug-likeness (QED) is 0.338. The summed E-state index contributed by atoms with van der Waals surface area (Å²) in [5, 5.41) is -1.87. The van der Waals surface area contributed by atoms with Gasteiger partial charge in [0.15, 0.2) is 5.40 Å². The lowest BCUT2D eigenvalue weighted by Gasteiger charge is -2.42. The highest BCUT2D eigenvalue weighted by Crippen LogP contribution is 2.62. The Morgan fingerprint density at radius 2 is 1.58 bits per heavy atom. The van der Waals surface area contributed by atoms with Crippen LogP contribution in [0.1, 0.15) is 25.7 Å². The van der Waals surface area contributed by atoms with Crippen molar-refractivity contribution in [2.75, 3.05) is 20.6 Å². The minimum Gasteiger partial charge on any atom is -1.00 e. The minimum absolute atomic E-state index is 0. The summed E-state index contributed by atoms with van der Waals surface area (Å²) in [6.45, 7) is 0.861. The van der Waals surface area contributed by atoms with Crippen LogP contribution in [0.2, 0.25) is 0 Å². The Balaban J connectivity index is 0.00000324. The lowest BCUT2D eigenvalue weighted by atomic mass is 9.98. The molecule has 0 aromatic carbocycles. The van der Waals surface area contributed by atoms with Crippen LogP contribution in [0.5, 0.6) is 0 Å². The van der Waals surface area contributed by atoms with Crippen LogP contribution in [-0.2, 0) is 9.13 Å². The van der Waals surface area contributed by atoms with Crippen molar-refractivity contribution in [1.82, 2.24) is 0 Å². The third kappa shape index (κ3) is 5.44. The monoisotopic (exact) mass is 337 g/mol. The summed E-state index contributed by atoms with van der Waals surface area (Å²) in [6, 6.07) is -0.121. The zero-order valence-electron chi connectivity index (χ0n) is 11.0. The lowest BCUT2D eigenvalue weighted by molar-refractivity contribution is -0.920. The first-order valence-corrected chi connectivity index (χ1v) is 9.24. The molecular formula is C9H22ClNO6P2. The van der Waals surface area contributed by atoms with Gasteiger partial charge in [0.05, 0.1) is 26.7 Å². The molecule has 1 rings (SSSR count). The van der Waals surface area contributed by atoms with Crippen LogP contribution in [0.25, 0.3) is 0 Å². The molecule has 1 heterocycles. The van der Waals surface area contributed by atoms with Gasteiger partial charge in [-0.25, -0.2) is 0 Å². The normalized spacial score (nSPS) is 24.1. The molecule has 0 amide bonds. The lowest BCUT2D eigenvalue weighted by Crippen LogP contribution is -3.00. The molecule has 0 saturated carbocycles. The first kappa shape index (κ1) is 19.6. The number of rotatable bonds is 4. The van der Waals surface area contributed by atoms with Crippen molar-refractivity contribution in [2.24, 2.45) is 0 Å². The van der Waals surface area contributed by atoms with Gasteiger partial charge >= 0.3 is 15.2 Å². The molecule has 0 spiro atoms. The van der Waals surface area contributed by atoms with Crippen LogP contribution in [-0.4, -0.2) is 56.1 Å². The summed E-state index contributed by atoms with van der Waals surface area (Å²) >= 11 is 0. The third-order valence-corrected chi connectivity index (χ3v) is 7.55. The van der Waals surface area contributed by atoms with E-state index >= 15 is 0 Å². The predicted octanol–water partition coefficient (Wildman–Crippen LogP) is -2.31. The van der Waals surface area contributed by atoms with E-state index in [1.165, 1.54) is 0 Å². The Morgan fingerprint density at radius 3 is 1.95 bits per heavy atom. The highest BCUT2D eigenvalue weighted by molar-refractivity contribution is 7.70. The number of nitrogens with zero attached hydrogens (tertiary/aromatic N) is 1. The fourth-order valence-corrected chi connectivity index (χ4v) is 5.15. The van der Waals surface area contributed by atoms with E-state index in [0.717, 1.165) is 25.8 Å². The van der Waals surface area contributed by atoms with Crippen LogP contribution in [0.4, 0.5) is 0 Å². The molecule has 7 nitrogen and oxygen atoms in total. The Kier molecular flexibility index (Phi) is 6.73. The van der Waals surface area contributed by atoms with Crippen LogP contribution < -0.4 is 12.4 Å². The maximum atomic E-state index is 11.3. The predicted molar refractivity (Wildman–Crippen MR) is 67.1 cm³/mol. The standard InChI is InChI=1S/C9H21NO6P2.ClH/c1-10(2)6-4-3-5-8(10)7-9(17(11,12)13)18(14,15)16;/h8-9H,3-7H2,1-2H3,(H3-,11,12,13,14,15,16);1H. The molecule has 0 bridgehead atoms. The molecule has 0 radical (unpaired) electrons. The van der Waals surface area contributed by atoms with E-state index in [-0.39, 0.29) is 24.9 Å². The van der Waals surface area contributed by atoms with Gasteiger partial charge < -0.3 is 36.5 Å². The van der Waals surface area contributed by atoms with Gasteiger partial charge in [-0.3, -0.25) is 9.13 Å². The molecule has 116 valence electrons. The minimum atomic E-state index is -4.79. The van der Waals surface area contributed by atoms with E-state index in [4.69, 9.17) is 19.6 Å². The van der Waals surface area contributed by atoms with Crippen LogP contribution >= 0.6 is 15.2 Å². The number of hydrogen-bond acceptors (Lipinski definition) is 2. The van der Waals surface area contributed by atoms with Crippen molar-refractivity contribution in [1.29, 1.82) is 0 Å². The molecule has 19 heavy (non-hydrogen) atoms. The van der Waals surface area contributed by atoms with Crippen molar-refractivity contribution >= 4 is 15.2 Å². The summed E-state index contributed by atoms with van der Waals surface area (Å²) in [7, 11) is -5.73. The van der Waals surface area contributed by atoms with Gasteiger partial charge in [-0.05, 0) is 19.3 Å². The van der Waals surface area contributed by atoms with Gasteiger partial charge in [0.1, 0.15) is 0 Å². The van der Waals surface area contributed by atoms with Gasteiger partial charge in [0, 0.05) is 6.42 Å². The highest BCUT2D eigenvalue weighted by atomic mass is 35.5. The number of quaternary nitrogens is 1. The van der Waals surface area contributed by atoms with Gasteiger partial charge in [0.2, 0.25) is 0 Å². The van der Waals surface area contributed by atoms with Crippen LogP contribution in [0, 0.1) is 0 Å². The topological polar surface area (TPSA) is 115 Å². The number of piperidine rings is 1. The first-order chi connectivity index (χ1) is 7.94. The average Bonchev–Trinajstić information content (AvgIpc) is 2.11. The fraction of sp³-hybridized carbons (Fsp3) is 1.00. The molecule has 1 unspecified atom stereocenters. The molecule has 1 fully saturated rings. The smallest absolute Gasteiger partial charge is 0.340 e. The molecule has 4 N–H and O–H groups in total. The number of halogens is 1. The van der Waals surface area contributed by atoms with E-state index in [1.807, 2.05) is 14.1 Å². The molecule has 10 heteroatoms. The molecule has 0 aliphatic carbocycles. The molecule has 0 aromatic heterocycles. The Labute approximate surface area is 119 Å². The van der Waals surface area contributed by atoms with Gasteiger partial charge in [0.25, 0.3) is 0 Å². The molecular weight excluding hydrogens is 316 g/mol. The van der Waals surface area contributed by atoms with Crippen molar-refractivity contribution in [3.8, 4) is 0 Å². The third-order valence-electron chi connectivity index (χ3n) is 3.77. The SMILES string of the molecule is C[N+]1(C)CCCCC1CC(P(=O)(O)O)P(=O)(O)O.[Cl-]. The zero-order chi connectivity index (χ0) is 14.2. The van der Waals surface area contributed by atoms with Crippen molar-refractivity contribution in [3.05, 3.63) is 0 Å². The van der Waals surface area contributed by atoms with E-state index in [0.29, 0.717) is 4.48 Å². The van der Waals surface area contributed by atoms with E-state index in [1.54, 1.807) is 0 Å². The first-order valence-electron chi connectivity index (χ1n) is 5.88. The zero-order valence-corrected chi connectivity index (χ0v) is 13.6. The summed E-state index contributed by atoms with van der Waals surface area (Å²) in [5.74, 6) is 0. The average molecular weight is 338 g/mol. The Hall–Kier alpha value is 0.550. The van der Waals surface area contributed by atoms with E-state index in [9.17, 15) is 9.13 Å².